The zero-order valence-electron chi connectivity index (χ0n) is 13.1. The van der Waals surface area contributed by atoms with E-state index in [9.17, 15) is 9.59 Å². The molecule has 0 bridgehead atoms. The van der Waals surface area contributed by atoms with E-state index in [4.69, 9.17) is 27.9 Å². The molecule has 1 N–H and O–H groups in total. The van der Waals surface area contributed by atoms with Crippen molar-refractivity contribution in [3.63, 3.8) is 0 Å². The topological polar surface area (TPSA) is 58.6 Å². The fraction of sp³-hybridized carbons (Fsp3) is 0.500. The van der Waals surface area contributed by atoms with Crippen molar-refractivity contribution in [2.75, 3.05) is 36.4 Å². The highest BCUT2D eigenvalue weighted by Gasteiger charge is 2.19. The summed E-state index contributed by atoms with van der Waals surface area (Å²) < 4.78 is 4.96. The Labute approximate surface area is 146 Å². The molecule has 1 aromatic rings. The van der Waals surface area contributed by atoms with Gasteiger partial charge in [0.15, 0.2) is 0 Å². The van der Waals surface area contributed by atoms with E-state index in [0.717, 1.165) is 11.3 Å². The minimum atomic E-state index is -0.680. The second kappa shape index (κ2) is 11.1. The van der Waals surface area contributed by atoms with E-state index < -0.39 is 12.0 Å². The predicted molar refractivity (Wildman–Crippen MR) is 93.4 cm³/mol. The van der Waals surface area contributed by atoms with E-state index in [-0.39, 0.29) is 6.61 Å². The van der Waals surface area contributed by atoms with Crippen LogP contribution >= 0.6 is 23.2 Å². The first-order chi connectivity index (χ1) is 11.2. The van der Waals surface area contributed by atoms with Crippen LogP contribution in [0.4, 0.5) is 5.69 Å². The first-order valence-electron chi connectivity index (χ1n) is 7.48. The highest BCUT2D eigenvalue weighted by atomic mass is 35.5. The summed E-state index contributed by atoms with van der Waals surface area (Å²) in [7, 11) is 0. The number of amides is 1. The van der Waals surface area contributed by atoms with Gasteiger partial charge < -0.3 is 15.0 Å². The number of benzene rings is 1. The molecular formula is C16H22Cl2N2O3. The molecule has 1 rings (SSSR count). The molecular weight excluding hydrogens is 339 g/mol. The summed E-state index contributed by atoms with van der Waals surface area (Å²) in [6.45, 7) is 3.44. The van der Waals surface area contributed by atoms with Crippen LogP contribution in [0.2, 0.25) is 0 Å². The molecule has 128 valence electrons. The van der Waals surface area contributed by atoms with Gasteiger partial charge in [-0.05, 0) is 24.6 Å². The SMILES string of the molecule is CCOC(=O)C(Cc1ccc(N(CCCl)CCCl)cc1)NC=O. The van der Waals surface area contributed by atoms with Gasteiger partial charge in [0.05, 0.1) is 6.61 Å². The third kappa shape index (κ3) is 6.67. The zero-order valence-corrected chi connectivity index (χ0v) is 14.6. The Balaban J connectivity index is 2.77. The summed E-state index contributed by atoms with van der Waals surface area (Å²) in [5.74, 6) is 0.606. The molecule has 0 spiro atoms. The van der Waals surface area contributed by atoms with E-state index in [1.54, 1.807) is 6.92 Å². The number of rotatable bonds is 11. The lowest BCUT2D eigenvalue weighted by atomic mass is 10.1. The monoisotopic (exact) mass is 360 g/mol. The van der Waals surface area contributed by atoms with Gasteiger partial charge in [0.1, 0.15) is 6.04 Å². The van der Waals surface area contributed by atoms with Gasteiger partial charge >= 0.3 is 5.97 Å². The van der Waals surface area contributed by atoms with Gasteiger partial charge in [-0.15, -0.1) is 23.2 Å². The minimum Gasteiger partial charge on any atom is -0.464 e. The number of hydrogen-bond donors (Lipinski definition) is 1. The summed E-state index contributed by atoms with van der Waals surface area (Å²) in [6, 6.07) is 7.07. The van der Waals surface area contributed by atoms with Crippen LogP contribution in [0.5, 0.6) is 0 Å². The minimum absolute atomic E-state index is 0.278. The smallest absolute Gasteiger partial charge is 0.328 e. The maximum Gasteiger partial charge on any atom is 0.328 e. The summed E-state index contributed by atoms with van der Waals surface area (Å²) >= 11 is 11.6. The summed E-state index contributed by atoms with van der Waals surface area (Å²) in [5.41, 5.74) is 1.95. The molecule has 0 radical (unpaired) electrons. The number of carbonyl (C=O) groups is 2. The number of carbonyl (C=O) groups excluding carboxylic acids is 2. The molecule has 0 heterocycles. The summed E-state index contributed by atoms with van der Waals surface area (Å²) in [5, 5.41) is 2.49. The maximum absolute atomic E-state index is 11.8. The van der Waals surface area contributed by atoms with Crippen LogP contribution in [0.1, 0.15) is 12.5 Å². The Hall–Kier alpha value is -1.46. The lowest BCUT2D eigenvalue weighted by Crippen LogP contribution is -2.39. The second-order valence-corrected chi connectivity index (χ2v) is 5.58. The van der Waals surface area contributed by atoms with Crippen molar-refractivity contribution in [2.45, 2.75) is 19.4 Å². The molecule has 1 atom stereocenters. The van der Waals surface area contributed by atoms with E-state index in [1.165, 1.54) is 0 Å². The fourth-order valence-electron chi connectivity index (χ4n) is 2.19. The van der Waals surface area contributed by atoms with E-state index >= 15 is 0 Å². The third-order valence-corrected chi connectivity index (χ3v) is 3.63. The zero-order chi connectivity index (χ0) is 17.1. The molecule has 0 aliphatic heterocycles. The van der Waals surface area contributed by atoms with Gasteiger partial charge in [-0.25, -0.2) is 4.79 Å². The summed E-state index contributed by atoms with van der Waals surface area (Å²) in [4.78, 5) is 24.5. The first kappa shape index (κ1) is 19.6. The highest BCUT2D eigenvalue weighted by molar-refractivity contribution is 6.18. The van der Waals surface area contributed by atoms with Gasteiger partial charge in [0.2, 0.25) is 6.41 Å². The predicted octanol–water partition coefficient (Wildman–Crippen LogP) is 2.19. The van der Waals surface area contributed by atoms with Crippen LogP contribution in [0.3, 0.4) is 0 Å². The van der Waals surface area contributed by atoms with Gasteiger partial charge in [0.25, 0.3) is 0 Å². The van der Waals surface area contributed by atoms with Crippen molar-refractivity contribution in [3.05, 3.63) is 29.8 Å². The highest BCUT2D eigenvalue weighted by Crippen LogP contribution is 2.16. The van der Waals surface area contributed by atoms with Crippen LogP contribution in [-0.4, -0.2) is 49.9 Å². The average molecular weight is 361 g/mol. The lowest BCUT2D eigenvalue weighted by Gasteiger charge is -2.23. The number of anilines is 1. The molecule has 0 saturated heterocycles. The largest absolute Gasteiger partial charge is 0.464 e. The average Bonchev–Trinajstić information content (AvgIpc) is 2.55. The van der Waals surface area contributed by atoms with Crippen molar-refractivity contribution in [2.24, 2.45) is 0 Å². The molecule has 0 aliphatic carbocycles. The Kier molecular flexibility index (Phi) is 9.48. The molecule has 1 aromatic carbocycles. The van der Waals surface area contributed by atoms with E-state index in [0.29, 0.717) is 37.7 Å². The Morgan fingerprint density at radius 3 is 2.35 bits per heavy atom. The number of esters is 1. The van der Waals surface area contributed by atoms with Crippen molar-refractivity contribution < 1.29 is 14.3 Å². The molecule has 1 unspecified atom stereocenters. The molecule has 0 fully saturated rings. The lowest BCUT2D eigenvalue weighted by molar-refractivity contribution is -0.146. The van der Waals surface area contributed by atoms with Crippen LogP contribution in [-0.2, 0) is 20.7 Å². The fourth-order valence-corrected chi connectivity index (χ4v) is 2.60. The normalized spacial score (nSPS) is 11.6. The van der Waals surface area contributed by atoms with Crippen LogP contribution < -0.4 is 10.2 Å². The molecule has 23 heavy (non-hydrogen) atoms. The van der Waals surface area contributed by atoms with Crippen molar-refractivity contribution in [1.29, 1.82) is 0 Å². The van der Waals surface area contributed by atoms with Gasteiger partial charge in [-0.1, -0.05) is 12.1 Å². The molecule has 0 aromatic heterocycles. The van der Waals surface area contributed by atoms with Crippen molar-refractivity contribution in [3.8, 4) is 0 Å². The van der Waals surface area contributed by atoms with Gasteiger partial charge in [-0.3, -0.25) is 4.79 Å². The van der Waals surface area contributed by atoms with E-state index in [2.05, 4.69) is 10.2 Å². The third-order valence-electron chi connectivity index (χ3n) is 3.29. The Morgan fingerprint density at radius 2 is 1.87 bits per heavy atom. The molecule has 1 amide bonds. The maximum atomic E-state index is 11.8. The molecule has 0 aliphatic rings. The molecule has 5 nitrogen and oxygen atoms in total. The van der Waals surface area contributed by atoms with Crippen LogP contribution in [0.15, 0.2) is 24.3 Å². The molecule has 0 saturated carbocycles. The Morgan fingerprint density at radius 1 is 1.26 bits per heavy atom. The molecule has 7 heteroatoms. The van der Waals surface area contributed by atoms with Crippen molar-refractivity contribution >= 4 is 41.3 Å². The van der Waals surface area contributed by atoms with Crippen LogP contribution in [0, 0.1) is 0 Å². The number of alkyl halides is 2. The number of nitrogens with zero attached hydrogens (tertiary/aromatic N) is 1. The number of ether oxygens (including phenoxy) is 1. The standard InChI is InChI=1S/C16H22Cl2N2O3/c1-2-23-16(22)15(19-12-21)11-13-3-5-14(6-4-13)20(9-7-17)10-8-18/h3-6,12,15H,2,7-11H2,1H3,(H,19,21). The van der Waals surface area contributed by atoms with Gasteiger partial charge in [0, 0.05) is 37.0 Å². The second-order valence-electron chi connectivity index (χ2n) is 4.82. The first-order valence-corrected chi connectivity index (χ1v) is 8.55. The number of hydrogen-bond acceptors (Lipinski definition) is 4. The Bertz CT molecular complexity index is 477. The van der Waals surface area contributed by atoms with Crippen molar-refractivity contribution in [1.82, 2.24) is 5.32 Å². The number of nitrogens with one attached hydrogen (secondary N) is 1. The number of halogens is 2. The summed E-state index contributed by atoms with van der Waals surface area (Å²) in [6.07, 6.45) is 0.890. The van der Waals surface area contributed by atoms with E-state index in [1.807, 2.05) is 24.3 Å². The quantitative estimate of drug-likeness (QED) is 0.373. The van der Waals surface area contributed by atoms with Gasteiger partial charge in [-0.2, -0.15) is 0 Å². The van der Waals surface area contributed by atoms with Crippen LogP contribution in [0.25, 0.3) is 0 Å².